The van der Waals surface area contributed by atoms with E-state index in [0.717, 1.165) is 19.3 Å². The number of unbranched alkanes of at least 4 members (excludes halogenated alkanes) is 6. The maximum atomic E-state index is 11.7. The standard InChI is InChI=1S/C17H32O4/c1-3-5-6-7-8-9-12-15(4-2)21-17(20)14-11-10-13-16(18)19/h15H,3-14H2,1-2H3,(H,18,19). The fraction of sp³-hybridized carbons (Fsp3) is 0.882. The van der Waals surface area contributed by atoms with Gasteiger partial charge in [0.25, 0.3) is 0 Å². The van der Waals surface area contributed by atoms with Gasteiger partial charge < -0.3 is 9.84 Å². The van der Waals surface area contributed by atoms with E-state index < -0.39 is 5.97 Å². The van der Waals surface area contributed by atoms with Gasteiger partial charge in [-0.05, 0) is 32.1 Å². The van der Waals surface area contributed by atoms with Crippen molar-refractivity contribution >= 4 is 11.9 Å². The summed E-state index contributed by atoms with van der Waals surface area (Å²) in [6, 6.07) is 0. The molecule has 0 fully saturated rings. The van der Waals surface area contributed by atoms with Crippen molar-refractivity contribution in [2.24, 2.45) is 0 Å². The van der Waals surface area contributed by atoms with E-state index in [1.165, 1.54) is 32.1 Å². The van der Waals surface area contributed by atoms with Crippen LogP contribution in [0, 0.1) is 0 Å². The highest BCUT2D eigenvalue weighted by Crippen LogP contribution is 2.14. The van der Waals surface area contributed by atoms with Crippen LogP contribution in [0.5, 0.6) is 0 Å². The van der Waals surface area contributed by atoms with Crippen LogP contribution in [0.2, 0.25) is 0 Å². The Labute approximate surface area is 129 Å². The predicted molar refractivity (Wildman–Crippen MR) is 84.3 cm³/mol. The largest absolute Gasteiger partial charge is 0.481 e. The molecule has 0 aromatic carbocycles. The minimum absolute atomic E-state index is 0.0307. The Hall–Kier alpha value is -1.06. The van der Waals surface area contributed by atoms with Gasteiger partial charge in [0, 0.05) is 12.8 Å². The van der Waals surface area contributed by atoms with Gasteiger partial charge in [0.15, 0.2) is 0 Å². The van der Waals surface area contributed by atoms with Crippen molar-refractivity contribution in [2.45, 2.75) is 97.0 Å². The summed E-state index contributed by atoms with van der Waals surface area (Å²) < 4.78 is 5.45. The SMILES string of the molecule is CCCCCCCCC(CC)OC(=O)CCCCC(=O)O. The Kier molecular flexibility index (Phi) is 13.2. The highest BCUT2D eigenvalue weighted by molar-refractivity contribution is 5.70. The van der Waals surface area contributed by atoms with Gasteiger partial charge in [-0.2, -0.15) is 0 Å². The van der Waals surface area contributed by atoms with E-state index in [0.29, 0.717) is 19.3 Å². The Morgan fingerprint density at radius 1 is 0.905 bits per heavy atom. The third-order valence-corrected chi connectivity index (χ3v) is 3.65. The minimum atomic E-state index is -0.808. The lowest BCUT2D eigenvalue weighted by Crippen LogP contribution is -2.17. The average Bonchev–Trinajstić information content (AvgIpc) is 2.45. The molecule has 0 saturated heterocycles. The maximum absolute atomic E-state index is 11.7. The smallest absolute Gasteiger partial charge is 0.306 e. The zero-order chi connectivity index (χ0) is 15.9. The summed E-state index contributed by atoms with van der Waals surface area (Å²) in [5.74, 6) is -0.990. The second-order valence-electron chi connectivity index (χ2n) is 5.68. The first-order valence-corrected chi connectivity index (χ1v) is 8.51. The topological polar surface area (TPSA) is 63.6 Å². The molecular formula is C17H32O4. The van der Waals surface area contributed by atoms with Gasteiger partial charge in [-0.25, -0.2) is 0 Å². The van der Waals surface area contributed by atoms with Crippen molar-refractivity contribution < 1.29 is 19.4 Å². The van der Waals surface area contributed by atoms with Crippen LogP contribution < -0.4 is 0 Å². The number of carbonyl (C=O) groups excluding carboxylic acids is 1. The molecule has 4 heteroatoms. The molecule has 0 aromatic rings. The quantitative estimate of drug-likeness (QED) is 0.373. The van der Waals surface area contributed by atoms with Crippen molar-refractivity contribution in [3.05, 3.63) is 0 Å². The molecule has 0 saturated carbocycles. The summed E-state index contributed by atoms with van der Waals surface area (Å²) in [4.78, 5) is 22.0. The summed E-state index contributed by atoms with van der Waals surface area (Å²) in [5, 5.41) is 8.52. The van der Waals surface area contributed by atoms with E-state index in [-0.39, 0.29) is 18.5 Å². The lowest BCUT2D eigenvalue weighted by atomic mass is 10.1. The Balaban J connectivity index is 3.62. The molecule has 0 heterocycles. The Bertz CT molecular complexity index is 276. The molecule has 0 amide bonds. The summed E-state index contributed by atoms with van der Waals surface area (Å²) in [5.41, 5.74) is 0. The molecular weight excluding hydrogens is 268 g/mol. The number of ether oxygens (including phenoxy) is 1. The Morgan fingerprint density at radius 3 is 2.14 bits per heavy atom. The van der Waals surface area contributed by atoms with Crippen molar-refractivity contribution in [3.63, 3.8) is 0 Å². The van der Waals surface area contributed by atoms with Crippen LogP contribution in [0.4, 0.5) is 0 Å². The van der Waals surface area contributed by atoms with Crippen LogP contribution in [0.1, 0.15) is 90.9 Å². The van der Waals surface area contributed by atoms with E-state index in [2.05, 4.69) is 6.92 Å². The first-order valence-electron chi connectivity index (χ1n) is 8.51. The van der Waals surface area contributed by atoms with E-state index in [1.54, 1.807) is 0 Å². The van der Waals surface area contributed by atoms with E-state index in [9.17, 15) is 9.59 Å². The lowest BCUT2D eigenvalue weighted by Gasteiger charge is -2.16. The highest BCUT2D eigenvalue weighted by Gasteiger charge is 2.12. The third kappa shape index (κ3) is 13.7. The molecule has 4 nitrogen and oxygen atoms in total. The highest BCUT2D eigenvalue weighted by atomic mass is 16.5. The molecule has 0 spiro atoms. The molecule has 0 aliphatic heterocycles. The van der Waals surface area contributed by atoms with Gasteiger partial charge in [0.1, 0.15) is 6.10 Å². The third-order valence-electron chi connectivity index (χ3n) is 3.65. The molecule has 124 valence electrons. The normalized spacial score (nSPS) is 12.1. The number of carbonyl (C=O) groups is 2. The number of carboxylic acid groups (broad SMARTS) is 1. The first-order chi connectivity index (χ1) is 10.1. The second-order valence-corrected chi connectivity index (χ2v) is 5.68. The average molecular weight is 300 g/mol. The summed E-state index contributed by atoms with van der Waals surface area (Å²) in [6.07, 6.45) is 10.9. The lowest BCUT2D eigenvalue weighted by molar-refractivity contribution is -0.150. The van der Waals surface area contributed by atoms with Gasteiger partial charge in [0.05, 0.1) is 0 Å². The molecule has 0 rings (SSSR count). The van der Waals surface area contributed by atoms with Crippen LogP contribution in [-0.2, 0) is 14.3 Å². The van der Waals surface area contributed by atoms with Crippen LogP contribution in [0.25, 0.3) is 0 Å². The zero-order valence-electron chi connectivity index (χ0n) is 13.7. The van der Waals surface area contributed by atoms with Crippen molar-refractivity contribution in [1.29, 1.82) is 0 Å². The molecule has 0 bridgehead atoms. The molecule has 0 aliphatic rings. The van der Waals surface area contributed by atoms with E-state index >= 15 is 0 Å². The van der Waals surface area contributed by atoms with Crippen LogP contribution in [-0.4, -0.2) is 23.1 Å². The molecule has 1 unspecified atom stereocenters. The summed E-state index contributed by atoms with van der Waals surface area (Å²) >= 11 is 0. The van der Waals surface area contributed by atoms with Gasteiger partial charge in [-0.1, -0.05) is 46.0 Å². The van der Waals surface area contributed by atoms with Gasteiger partial charge >= 0.3 is 11.9 Å². The zero-order valence-corrected chi connectivity index (χ0v) is 13.7. The number of carboxylic acids is 1. The predicted octanol–water partition coefficient (Wildman–Crippen LogP) is 4.70. The monoisotopic (exact) mass is 300 g/mol. The Morgan fingerprint density at radius 2 is 1.52 bits per heavy atom. The maximum Gasteiger partial charge on any atom is 0.306 e. The van der Waals surface area contributed by atoms with Gasteiger partial charge in [0.2, 0.25) is 0 Å². The van der Waals surface area contributed by atoms with E-state index in [1.807, 2.05) is 6.92 Å². The van der Waals surface area contributed by atoms with Crippen molar-refractivity contribution in [2.75, 3.05) is 0 Å². The minimum Gasteiger partial charge on any atom is -0.481 e. The summed E-state index contributed by atoms with van der Waals surface area (Å²) in [6.45, 7) is 4.25. The van der Waals surface area contributed by atoms with Gasteiger partial charge in [-0.3, -0.25) is 9.59 Å². The number of rotatable bonds is 14. The summed E-state index contributed by atoms with van der Waals surface area (Å²) in [7, 11) is 0. The van der Waals surface area contributed by atoms with Crippen molar-refractivity contribution in [3.8, 4) is 0 Å². The van der Waals surface area contributed by atoms with Crippen LogP contribution in [0.3, 0.4) is 0 Å². The van der Waals surface area contributed by atoms with Gasteiger partial charge in [-0.15, -0.1) is 0 Å². The molecule has 0 aromatic heterocycles. The fourth-order valence-electron chi connectivity index (χ4n) is 2.29. The number of aliphatic carboxylic acids is 1. The fourth-order valence-corrected chi connectivity index (χ4v) is 2.29. The van der Waals surface area contributed by atoms with Crippen molar-refractivity contribution in [1.82, 2.24) is 0 Å². The number of hydrogen-bond donors (Lipinski definition) is 1. The molecule has 1 N–H and O–H groups in total. The number of hydrogen-bond acceptors (Lipinski definition) is 3. The number of esters is 1. The molecule has 0 aliphatic carbocycles. The first kappa shape index (κ1) is 19.9. The van der Waals surface area contributed by atoms with Crippen LogP contribution >= 0.6 is 0 Å². The molecule has 1 atom stereocenters. The second kappa shape index (κ2) is 13.9. The van der Waals surface area contributed by atoms with E-state index in [4.69, 9.17) is 9.84 Å². The van der Waals surface area contributed by atoms with Crippen LogP contribution in [0.15, 0.2) is 0 Å². The molecule has 0 radical (unpaired) electrons. The molecule has 21 heavy (non-hydrogen) atoms.